The molecular formula is C20H14Cl2. The molecule has 0 aliphatic rings. The summed E-state index contributed by atoms with van der Waals surface area (Å²) in [5, 5.41) is 6.36. The number of halogens is 2. The van der Waals surface area contributed by atoms with Gasteiger partial charge in [-0.25, -0.2) is 0 Å². The second kappa shape index (κ2) is 6.83. The summed E-state index contributed by atoms with van der Waals surface area (Å²) in [7, 11) is 0. The summed E-state index contributed by atoms with van der Waals surface area (Å²) < 4.78 is 0. The number of hydrogen-bond donors (Lipinski definition) is 0. The molecule has 0 saturated heterocycles. The minimum Gasteiger partial charge on any atom is -0.0843 e. The standard InChI is InChI=1S/2C10H7Cl/c11-10-7-3-5-8-4-1-2-6-9(8)10;11-10-6-5-8-3-1-2-4-9(8)7-10/h2*1-7H. The Labute approximate surface area is 139 Å². The molecule has 4 aromatic rings. The zero-order valence-electron chi connectivity index (χ0n) is 11.8. The molecule has 0 amide bonds. The van der Waals surface area contributed by atoms with Crippen LogP contribution in [0.2, 0.25) is 10.0 Å². The smallest absolute Gasteiger partial charge is 0.0484 e. The highest BCUT2D eigenvalue weighted by Crippen LogP contribution is 2.22. The van der Waals surface area contributed by atoms with Crippen LogP contribution in [-0.2, 0) is 0 Å². The molecule has 22 heavy (non-hydrogen) atoms. The van der Waals surface area contributed by atoms with Gasteiger partial charge in [-0.05, 0) is 34.4 Å². The fraction of sp³-hybridized carbons (Fsp3) is 0. The summed E-state index contributed by atoms with van der Waals surface area (Å²) in [6.07, 6.45) is 0. The lowest BCUT2D eigenvalue weighted by atomic mass is 10.1. The van der Waals surface area contributed by atoms with E-state index in [0.29, 0.717) is 0 Å². The van der Waals surface area contributed by atoms with Gasteiger partial charge in [0.2, 0.25) is 0 Å². The predicted octanol–water partition coefficient (Wildman–Crippen LogP) is 6.99. The fourth-order valence-corrected chi connectivity index (χ4v) is 2.77. The average molecular weight is 325 g/mol. The Kier molecular flexibility index (Phi) is 4.62. The quantitative estimate of drug-likeness (QED) is 0.327. The zero-order chi connectivity index (χ0) is 15.4. The van der Waals surface area contributed by atoms with Crippen molar-refractivity contribution in [1.82, 2.24) is 0 Å². The van der Waals surface area contributed by atoms with Gasteiger partial charge in [-0.1, -0.05) is 89.9 Å². The molecular weight excluding hydrogens is 311 g/mol. The van der Waals surface area contributed by atoms with E-state index in [2.05, 4.69) is 24.3 Å². The van der Waals surface area contributed by atoms with Crippen LogP contribution in [0, 0.1) is 0 Å². The molecule has 2 heteroatoms. The Morgan fingerprint density at radius 3 is 1.91 bits per heavy atom. The second-order valence-electron chi connectivity index (χ2n) is 4.95. The predicted molar refractivity (Wildman–Crippen MR) is 97.9 cm³/mol. The zero-order valence-corrected chi connectivity index (χ0v) is 13.4. The lowest BCUT2D eigenvalue weighted by Crippen LogP contribution is -1.70. The van der Waals surface area contributed by atoms with Gasteiger partial charge >= 0.3 is 0 Å². The summed E-state index contributed by atoms with van der Waals surface area (Å²) in [5.74, 6) is 0. The van der Waals surface area contributed by atoms with E-state index in [1.54, 1.807) is 0 Å². The van der Waals surface area contributed by atoms with Gasteiger partial charge in [0.1, 0.15) is 0 Å². The Morgan fingerprint density at radius 2 is 1.14 bits per heavy atom. The van der Waals surface area contributed by atoms with Crippen molar-refractivity contribution in [2.45, 2.75) is 0 Å². The molecule has 4 rings (SSSR count). The minimum atomic E-state index is 0.795. The molecule has 0 unspecified atom stereocenters. The van der Waals surface area contributed by atoms with E-state index in [-0.39, 0.29) is 0 Å². The first-order chi connectivity index (χ1) is 10.7. The molecule has 0 N–H and O–H groups in total. The van der Waals surface area contributed by atoms with Crippen molar-refractivity contribution in [3.63, 3.8) is 0 Å². The first-order valence-electron chi connectivity index (χ1n) is 7.01. The first-order valence-corrected chi connectivity index (χ1v) is 7.77. The van der Waals surface area contributed by atoms with E-state index in [4.69, 9.17) is 23.2 Å². The highest BCUT2D eigenvalue weighted by atomic mass is 35.5. The highest BCUT2D eigenvalue weighted by Gasteiger charge is 1.94. The van der Waals surface area contributed by atoms with Gasteiger partial charge < -0.3 is 0 Å². The van der Waals surface area contributed by atoms with E-state index in [0.717, 1.165) is 15.4 Å². The van der Waals surface area contributed by atoms with Crippen LogP contribution in [-0.4, -0.2) is 0 Å². The van der Waals surface area contributed by atoms with Crippen LogP contribution in [0.15, 0.2) is 84.9 Å². The molecule has 108 valence electrons. The Balaban J connectivity index is 0.000000131. The van der Waals surface area contributed by atoms with Crippen LogP contribution < -0.4 is 0 Å². The minimum absolute atomic E-state index is 0.795. The van der Waals surface area contributed by atoms with Gasteiger partial charge in [0.25, 0.3) is 0 Å². The molecule has 0 aromatic heterocycles. The first kappa shape index (κ1) is 14.9. The monoisotopic (exact) mass is 324 g/mol. The van der Waals surface area contributed by atoms with Crippen molar-refractivity contribution in [1.29, 1.82) is 0 Å². The maximum atomic E-state index is 5.96. The molecule has 0 aliphatic carbocycles. The summed E-state index contributed by atoms with van der Waals surface area (Å²) >= 11 is 11.8. The number of fused-ring (bicyclic) bond motifs is 2. The average Bonchev–Trinajstić information content (AvgIpc) is 2.56. The third-order valence-electron chi connectivity index (χ3n) is 3.45. The van der Waals surface area contributed by atoms with Gasteiger partial charge in [-0.15, -0.1) is 0 Å². The molecule has 0 fully saturated rings. The van der Waals surface area contributed by atoms with Crippen molar-refractivity contribution in [3.05, 3.63) is 95.0 Å². The Morgan fingerprint density at radius 1 is 0.500 bits per heavy atom. The van der Waals surface area contributed by atoms with Crippen LogP contribution in [0.5, 0.6) is 0 Å². The Hall–Kier alpha value is -2.02. The van der Waals surface area contributed by atoms with Crippen LogP contribution in [0.1, 0.15) is 0 Å². The van der Waals surface area contributed by atoms with Crippen molar-refractivity contribution >= 4 is 44.7 Å². The number of rotatable bonds is 0. The van der Waals surface area contributed by atoms with Crippen molar-refractivity contribution < 1.29 is 0 Å². The summed E-state index contributed by atoms with van der Waals surface area (Å²) in [6, 6.07) is 28.1. The van der Waals surface area contributed by atoms with Crippen LogP contribution in [0.25, 0.3) is 21.5 Å². The largest absolute Gasteiger partial charge is 0.0843 e. The SMILES string of the molecule is Clc1ccc2ccccc2c1.Clc1cccc2ccccc12. The second-order valence-corrected chi connectivity index (χ2v) is 5.80. The highest BCUT2D eigenvalue weighted by molar-refractivity contribution is 6.35. The lowest BCUT2D eigenvalue weighted by Gasteiger charge is -1.97. The maximum absolute atomic E-state index is 5.96. The van der Waals surface area contributed by atoms with E-state index >= 15 is 0 Å². The molecule has 0 spiro atoms. The van der Waals surface area contributed by atoms with Gasteiger partial charge in [0.05, 0.1) is 0 Å². The van der Waals surface area contributed by atoms with E-state index < -0.39 is 0 Å². The van der Waals surface area contributed by atoms with E-state index in [1.165, 1.54) is 16.2 Å². The molecule has 0 atom stereocenters. The van der Waals surface area contributed by atoms with Gasteiger partial charge in [0, 0.05) is 15.4 Å². The van der Waals surface area contributed by atoms with E-state index in [9.17, 15) is 0 Å². The van der Waals surface area contributed by atoms with Gasteiger partial charge in [0.15, 0.2) is 0 Å². The molecule has 0 nitrogen and oxygen atoms in total. The Bertz CT molecular complexity index is 902. The molecule has 0 bridgehead atoms. The molecule has 4 aromatic carbocycles. The van der Waals surface area contributed by atoms with Gasteiger partial charge in [-0.2, -0.15) is 0 Å². The summed E-state index contributed by atoms with van der Waals surface area (Å²) in [5.41, 5.74) is 0. The van der Waals surface area contributed by atoms with Crippen LogP contribution in [0.4, 0.5) is 0 Å². The molecule has 0 saturated carbocycles. The topological polar surface area (TPSA) is 0 Å². The van der Waals surface area contributed by atoms with Crippen LogP contribution >= 0.6 is 23.2 Å². The summed E-state index contributed by atoms with van der Waals surface area (Å²) in [4.78, 5) is 0. The maximum Gasteiger partial charge on any atom is 0.0484 e. The van der Waals surface area contributed by atoms with Crippen molar-refractivity contribution in [2.75, 3.05) is 0 Å². The molecule has 0 aliphatic heterocycles. The molecule has 0 heterocycles. The van der Waals surface area contributed by atoms with E-state index in [1.807, 2.05) is 60.7 Å². The van der Waals surface area contributed by atoms with Crippen molar-refractivity contribution in [3.8, 4) is 0 Å². The normalized spacial score (nSPS) is 10.3. The lowest BCUT2D eigenvalue weighted by molar-refractivity contribution is 1.75. The fourth-order valence-electron chi connectivity index (χ4n) is 2.35. The number of benzene rings is 4. The third kappa shape index (κ3) is 3.41. The number of hydrogen-bond acceptors (Lipinski definition) is 0. The third-order valence-corrected chi connectivity index (χ3v) is 4.01. The van der Waals surface area contributed by atoms with Crippen molar-refractivity contribution in [2.24, 2.45) is 0 Å². The molecule has 0 radical (unpaired) electrons. The summed E-state index contributed by atoms with van der Waals surface area (Å²) in [6.45, 7) is 0. The van der Waals surface area contributed by atoms with Crippen LogP contribution in [0.3, 0.4) is 0 Å². The van der Waals surface area contributed by atoms with Gasteiger partial charge in [-0.3, -0.25) is 0 Å².